The summed E-state index contributed by atoms with van der Waals surface area (Å²) in [6, 6.07) is 4.31. The molecule has 1 atom stereocenters. The number of rotatable bonds is 3. The molecule has 2 rings (SSSR count). The first-order valence-corrected chi connectivity index (χ1v) is 7.03. The van der Waals surface area contributed by atoms with E-state index in [4.69, 9.17) is 4.74 Å². The molecular formula is C14H20BrNO. The molecule has 0 aromatic heterocycles. The lowest BCUT2D eigenvalue weighted by Gasteiger charge is -2.24. The Bertz CT molecular complexity index is 386. The molecule has 1 aromatic carbocycles. The third-order valence-corrected chi connectivity index (χ3v) is 3.89. The van der Waals surface area contributed by atoms with E-state index in [9.17, 15) is 0 Å². The van der Waals surface area contributed by atoms with Crippen molar-refractivity contribution in [3.8, 4) is 5.75 Å². The lowest BCUT2D eigenvalue weighted by molar-refractivity contribution is 0.363. The first-order valence-electron chi connectivity index (χ1n) is 6.24. The molecule has 3 heteroatoms. The summed E-state index contributed by atoms with van der Waals surface area (Å²) in [5, 5.41) is 3.47. The fraction of sp³-hybridized carbons (Fsp3) is 0.571. The van der Waals surface area contributed by atoms with Crippen molar-refractivity contribution in [2.24, 2.45) is 5.92 Å². The van der Waals surface area contributed by atoms with Crippen molar-refractivity contribution in [1.29, 1.82) is 0 Å². The van der Waals surface area contributed by atoms with Crippen LogP contribution in [0.4, 0.5) is 0 Å². The summed E-state index contributed by atoms with van der Waals surface area (Å²) in [5.41, 5.74) is 2.54. The lowest BCUT2D eigenvalue weighted by Crippen LogP contribution is -2.30. The number of halogens is 1. The summed E-state index contributed by atoms with van der Waals surface area (Å²) in [5.74, 6) is 1.80. The van der Waals surface area contributed by atoms with Crippen molar-refractivity contribution < 1.29 is 4.74 Å². The maximum absolute atomic E-state index is 5.53. The van der Waals surface area contributed by atoms with Crippen molar-refractivity contribution in [3.05, 3.63) is 27.7 Å². The molecule has 1 fully saturated rings. The highest BCUT2D eigenvalue weighted by Crippen LogP contribution is 2.30. The van der Waals surface area contributed by atoms with Gasteiger partial charge in [-0.15, -0.1) is 0 Å². The summed E-state index contributed by atoms with van der Waals surface area (Å²) in [6.07, 6.45) is 3.72. The highest BCUT2D eigenvalue weighted by molar-refractivity contribution is 9.10. The van der Waals surface area contributed by atoms with E-state index >= 15 is 0 Å². The number of methoxy groups -OCH3 is 1. The monoisotopic (exact) mass is 297 g/mol. The maximum atomic E-state index is 5.53. The van der Waals surface area contributed by atoms with Crippen molar-refractivity contribution >= 4 is 15.9 Å². The van der Waals surface area contributed by atoms with E-state index in [1.54, 1.807) is 7.11 Å². The van der Waals surface area contributed by atoms with Gasteiger partial charge >= 0.3 is 0 Å². The van der Waals surface area contributed by atoms with E-state index in [2.05, 4.69) is 40.3 Å². The molecule has 1 unspecified atom stereocenters. The van der Waals surface area contributed by atoms with Crippen LogP contribution < -0.4 is 10.1 Å². The van der Waals surface area contributed by atoms with Crippen LogP contribution in [0.3, 0.4) is 0 Å². The van der Waals surface area contributed by atoms with Crippen LogP contribution >= 0.6 is 15.9 Å². The Morgan fingerprint density at radius 2 is 2.29 bits per heavy atom. The molecule has 0 spiro atoms. The fourth-order valence-corrected chi connectivity index (χ4v) is 3.27. The van der Waals surface area contributed by atoms with Crippen LogP contribution in [0.5, 0.6) is 5.75 Å². The van der Waals surface area contributed by atoms with Gasteiger partial charge in [-0.05, 0) is 68.5 Å². The lowest BCUT2D eigenvalue weighted by atomic mass is 9.91. The van der Waals surface area contributed by atoms with E-state index in [1.807, 2.05) is 0 Å². The molecule has 1 heterocycles. The van der Waals surface area contributed by atoms with Crippen molar-refractivity contribution in [2.75, 3.05) is 20.2 Å². The minimum Gasteiger partial charge on any atom is -0.496 e. The predicted octanol–water partition coefficient (Wildman–Crippen LogP) is 3.31. The van der Waals surface area contributed by atoms with Crippen LogP contribution in [-0.4, -0.2) is 20.2 Å². The van der Waals surface area contributed by atoms with Crippen molar-refractivity contribution in [2.45, 2.75) is 26.2 Å². The second kappa shape index (κ2) is 5.87. The number of piperidine rings is 1. The average Bonchev–Trinajstić information content (AvgIpc) is 2.30. The number of nitrogens with one attached hydrogen (secondary N) is 1. The van der Waals surface area contributed by atoms with Gasteiger partial charge in [0.15, 0.2) is 0 Å². The molecule has 94 valence electrons. The van der Waals surface area contributed by atoms with E-state index in [1.165, 1.54) is 30.5 Å². The number of aryl methyl sites for hydroxylation is 1. The number of hydrogen-bond donors (Lipinski definition) is 1. The molecule has 0 saturated carbocycles. The zero-order chi connectivity index (χ0) is 12.3. The highest BCUT2D eigenvalue weighted by atomic mass is 79.9. The first kappa shape index (κ1) is 12.9. The van der Waals surface area contributed by atoms with Gasteiger partial charge in [0, 0.05) is 4.47 Å². The van der Waals surface area contributed by atoms with E-state index in [0.29, 0.717) is 0 Å². The van der Waals surface area contributed by atoms with Gasteiger partial charge in [0.1, 0.15) is 5.75 Å². The molecule has 1 saturated heterocycles. The molecule has 1 aromatic rings. The SMILES string of the molecule is COc1c(C)cc(Br)cc1CC1CCCNC1. The minimum absolute atomic E-state index is 0.742. The zero-order valence-electron chi connectivity index (χ0n) is 10.6. The van der Waals surface area contributed by atoms with Crippen LogP contribution in [0.15, 0.2) is 16.6 Å². The fourth-order valence-electron chi connectivity index (χ4n) is 2.65. The van der Waals surface area contributed by atoms with Crippen molar-refractivity contribution in [1.82, 2.24) is 5.32 Å². The second-order valence-corrected chi connectivity index (χ2v) is 5.75. The number of hydrogen-bond acceptors (Lipinski definition) is 2. The Balaban J connectivity index is 2.18. The van der Waals surface area contributed by atoms with Crippen LogP contribution in [0, 0.1) is 12.8 Å². The highest BCUT2D eigenvalue weighted by Gasteiger charge is 2.17. The molecule has 2 nitrogen and oxygen atoms in total. The van der Waals surface area contributed by atoms with Crippen molar-refractivity contribution in [3.63, 3.8) is 0 Å². The van der Waals surface area contributed by atoms with Crippen LogP contribution in [-0.2, 0) is 6.42 Å². The Kier molecular flexibility index (Phi) is 4.46. The van der Waals surface area contributed by atoms with E-state index in [0.717, 1.165) is 29.1 Å². The molecule has 1 aliphatic heterocycles. The topological polar surface area (TPSA) is 21.3 Å². The summed E-state index contributed by atoms with van der Waals surface area (Å²) >= 11 is 3.57. The molecule has 1 N–H and O–H groups in total. The Hall–Kier alpha value is -0.540. The molecular weight excluding hydrogens is 278 g/mol. The van der Waals surface area contributed by atoms with Gasteiger partial charge in [-0.3, -0.25) is 0 Å². The second-order valence-electron chi connectivity index (χ2n) is 4.83. The van der Waals surface area contributed by atoms with E-state index in [-0.39, 0.29) is 0 Å². The molecule has 0 aliphatic carbocycles. The van der Waals surface area contributed by atoms with Gasteiger partial charge in [0.2, 0.25) is 0 Å². The van der Waals surface area contributed by atoms with E-state index < -0.39 is 0 Å². The maximum Gasteiger partial charge on any atom is 0.125 e. The number of benzene rings is 1. The summed E-state index contributed by atoms with van der Waals surface area (Å²) in [4.78, 5) is 0. The summed E-state index contributed by atoms with van der Waals surface area (Å²) in [6.45, 7) is 4.41. The molecule has 0 bridgehead atoms. The average molecular weight is 298 g/mol. The summed E-state index contributed by atoms with van der Waals surface area (Å²) in [7, 11) is 1.76. The van der Waals surface area contributed by atoms with Gasteiger partial charge in [0.25, 0.3) is 0 Å². The van der Waals surface area contributed by atoms with Gasteiger partial charge < -0.3 is 10.1 Å². The molecule has 1 aliphatic rings. The smallest absolute Gasteiger partial charge is 0.125 e. The normalized spacial score (nSPS) is 20.3. The molecule has 17 heavy (non-hydrogen) atoms. The quantitative estimate of drug-likeness (QED) is 0.924. The minimum atomic E-state index is 0.742. The Labute approximate surface area is 112 Å². The zero-order valence-corrected chi connectivity index (χ0v) is 12.1. The van der Waals surface area contributed by atoms with Gasteiger partial charge in [-0.1, -0.05) is 15.9 Å². The van der Waals surface area contributed by atoms with Crippen LogP contribution in [0.2, 0.25) is 0 Å². The van der Waals surface area contributed by atoms with Gasteiger partial charge in [-0.2, -0.15) is 0 Å². The third kappa shape index (κ3) is 3.23. The predicted molar refractivity (Wildman–Crippen MR) is 74.7 cm³/mol. The van der Waals surface area contributed by atoms with Crippen LogP contribution in [0.1, 0.15) is 24.0 Å². The van der Waals surface area contributed by atoms with Gasteiger partial charge in [-0.25, -0.2) is 0 Å². The van der Waals surface area contributed by atoms with Gasteiger partial charge in [0.05, 0.1) is 7.11 Å². The summed E-state index contributed by atoms with van der Waals surface area (Å²) < 4.78 is 6.68. The largest absolute Gasteiger partial charge is 0.496 e. The molecule has 0 radical (unpaired) electrons. The standard InChI is InChI=1S/C14H20BrNO/c1-10-6-13(15)8-12(14(10)17-2)7-11-4-3-5-16-9-11/h6,8,11,16H,3-5,7,9H2,1-2H3. The Morgan fingerprint density at radius 1 is 1.47 bits per heavy atom. The Morgan fingerprint density at radius 3 is 2.94 bits per heavy atom. The first-order chi connectivity index (χ1) is 8.20. The molecule has 0 amide bonds. The van der Waals surface area contributed by atoms with Crippen LogP contribution in [0.25, 0.3) is 0 Å². The number of ether oxygens (including phenoxy) is 1. The third-order valence-electron chi connectivity index (χ3n) is 3.43.